The van der Waals surface area contributed by atoms with Crippen LogP contribution in [0.1, 0.15) is 52.1 Å². The van der Waals surface area contributed by atoms with Crippen LogP contribution in [0.5, 0.6) is 11.5 Å². The first kappa shape index (κ1) is 21.4. The average molecular weight is 422 g/mol. The van der Waals surface area contributed by atoms with Crippen LogP contribution in [-0.2, 0) is 6.61 Å². The molecule has 0 amide bonds. The number of aliphatic hydroxyl groups excluding tert-OH is 1. The van der Waals surface area contributed by atoms with E-state index in [9.17, 15) is 15.0 Å². The third-order valence-electron chi connectivity index (χ3n) is 4.72. The van der Waals surface area contributed by atoms with Gasteiger partial charge in [0.2, 0.25) is 0 Å². The highest BCUT2D eigenvalue weighted by molar-refractivity contribution is 6.34. The summed E-state index contributed by atoms with van der Waals surface area (Å²) in [6, 6.07) is 19.2. The number of aromatic hydroxyl groups is 1. The zero-order valence-electron chi connectivity index (χ0n) is 16.3. The van der Waals surface area contributed by atoms with Crippen LogP contribution in [0.3, 0.4) is 0 Å². The van der Waals surface area contributed by atoms with Crippen molar-refractivity contribution in [1.29, 1.82) is 5.26 Å². The van der Waals surface area contributed by atoms with Crippen LogP contribution in [0, 0.1) is 11.3 Å². The van der Waals surface area contributed by atoms with Gasteiger partial charge in [-0.15, -0.1) is 0 Å². The SMILES string of the molecule is CCC(=O)c1ccc(OCc2ccc(C(O)c3cccc(C#N)c3)cc2)c(Cl)c1O. The topological polar surface area (TPSA) is 90.5 Å². The molecule has 0 spiro atoms. The first-order valence-corrected chi connectivity index (χ1v) is 9.76. The lowest BCUT2D eigenvalue weighted by Gasteiger charge is -2.14. The van der Waals surface area contributed by atoms with E-state index in [0.29, 0.717) is 16.7 Å². The molecule has 3 aromatic rings. The van der Waals surface area contributed by atoms with Gasteiger partial charge in [-0.2, -0.15) is 5.26 Å². The summed E-state index contributed by atoms with van der Waals surface area (Å²) in [5.41, 5.74) is 2.83. The number of ether oxygens (including phenoxy) is 1. The molecule has 0 saturated heterocycles. The van der Waals surface area contributed by atoms with Crippen LogP contribution in [0.2, 0.25) is 5.02 Å². The van der Waals surface area contributed by atoms with Crippen LogP contribution < -0.4 is 4.74 Å². The van der Waals surface area contributed by atoms with Crippen LogP contribution in [-0.4, -0.2) is 16.0 Å². The number of carbonyl (C=O) groups excluding carboxylic acids is 1. The molecule has 0 bridgehead atoms. The Morgan fingerprint density at radius 1 is 1.13 bits per heavy atom. The van der Waals surface area contributed by atoms with Gasteiger partial charge >= 0.3 is 0 Å². The molecule has 6 heteroatoms. The van der Waals surface area contributed by atoms with Gasteiger partial charge in [0, 0.05) is 6.42 Å². The number of nitrogens with zero attached hydrogens (tertiary/aromatic N) is 1. The van der Waals surface area contributed by atoms with Gasteiger partial charge in [0.1, 0.15) is 29.2 Å². The second-order valence-corrected chi connectivity index (χ2v) is 7.10. The molecule has 3 rings (SSSR count). The van der Waals surface area contributed by atoms with Crippen LogP contribution in [0.25, 0.3) is 0 Å². The Balaban J connectivity index is 1.70. The third-order valence-corrected chi connectivity index (χ3v) is 5.09. The quantitative estimate of drug-likeness (QED) is 0.513. The number of hydrogen-bond donors (Lipinski definition) is 2. The van der Waals surface area contributed by atoms with E-state index in [0.717, 1.165) is 5.56 Å². The number of phenolic OH excluding ortho intramolecular Hbond substituents is 1. The van der Waals surface area contributed by atoms with Crippen molar-refractivity contribution in [2.45, 2.75) is 26.1 Å². The summed E-state index contributed by atoms with van der Waals surface area (Å²) in [4.78, 5) is 11.8. The number of carbonyl (C=O) groups is 1. The minimum absolute atomic E-state index is 0.00119. The maximum atomic E-state index is 11.8. The van der Waals surface area contributed by atoms with Gasteiger partial charge < -0.3 is 14.9 Å². The van der Waals surface area contributed by atoms with E-state index in [1.807, 2.05) is 12.1 Å². The summed E-state index contributed by atoms with van der Waals surface area (Å²) in [5.74, 6) is -0.200. The van der Waals surface area contributed by atoms with Gasteiger partial charge in [-0.05, 0) is 41.0 Å². The summed E-state index contributed by atoms with van der Waals surface area (Å²) in [6.45, 7) is 1.90. The Hall–Kier alpha value is -3.33. The molecule has 1 atom stereocenters. The molecular weight excluding hydrogens is 402 g/mol. The van der Waals surface area contributed by atoms with E-state index in [1.165, 1.54) is 6.07 Å². The van der Waals surface area contributed by atoms with Gasteiger partial charge in [-0.3, -0.25) is 4.79 Å². The van der Waals surface area contributed by atoms with Crippen molar-refractivity contribution in [2.75, 3.05) is 0 Å². The Morgan fingerprint density at radius 3 is 2.53 bits per heavy atom. The molecule has 30 heavy (non-hydrogen) atoms. The number of rotatable bonds is 7. The van der Waals surface area contributed by atoms with E-state index < -0.39 is 6.10 Å². The number of phenols is 1. The smallest absolute Gasteiger partial charge is 0.166 e. The molecule has 0 aliphatic rings. The molecule has 5 nitrogen and oxygen atoms in total. The van der Waals surface area contributed by atoms with E-state index in [4.69, 9.17) is 21.6 Å². The molecule has 1 unspecified atom stereocenters. The van der Waals surface area contributed by atoms with Gasteiger partial charge in [-0.25, -0.2) is 0 Å². The molecule has 3 aromatic carbocycles. The van der Waals surface area contributed by atoms with Gasteiger partial charge in [-0.1, -0.05) is 54.9 Å². The summed E-state index contributed by atoms with van der Waals surface area (Å²) < 4.78 is 5.69. The number of ketones is 1. The van der Waals surface area contributed by atoms with E-state index >= 15 is 0 Å². The Kier molecular flexibility index (Phi) is 6.73. The average Bonchev–Trinajstić information content (AvgIpc) is 2.79. The number of nitriles is 1. The van der Waals surface area contributed by atoms with E-state index in [2.05, 4.69) is 6.07 Å². The Labute approximate surface area is 179 Å². The second-order valence-electron chi connectivity index (χ2n) is 6.72. The summed E-state index contributed by atoms with van der Waals surface area (Å²) >= 11 is 6.14. The number of benzene rings is 3. The van der Waals surface area contributed by atoms with Crippen molar-refractivity contribution in [3.05, 3.63) is 93.5 Å². The summed E-state index contributed by atoms with van der Waals surface area (Å²) in [7, 11) is 0. The Bertz CT molecular complexity index is 1100. The fraction of sp³-hybridized carbons (Fsp3) is 0.167. The highest BCUT2D eigenvalue weighted by Crippen LogP contribution is 2.37. The molecule has 0 aromatic heterocycles. The van der Waals surface area contributed by atoms with Crippen molar-refractivity contribution in [2.24, 2.45) is 0 Å². The van der Waals surface area contributed by atoms with Gasteiger partial charge in [0.25, 0.3) is 0 Å². The van der Waals surface area contributed by atoms with E-state index in [-0.39, 0.29) is 40.9 Å². The molecule has 0 aliphatic carbocycles. The number of hydrogen-bond acceptors (Lipinski definition) is 5. The molecule has 2 N–H and O–H groups in total. The largest absolute Gasteiger partial charge is 0.505 e. The van der Waals surface area contributed by atoms with Crippen LogP contribution in [0.4, 0.5) is 0 Å². The van der Waals surface area contributed by atoms with Crippen molar-refractivity contribution in [3.8, 4) is 17.6 Å². The summed E-state index contributed by atoms with van der Waals surface area (Å²) in [5, 5.41) is 29.7. The lowest BCUT2D eigenvalue weighted by Crippen LogP contribution is -2.02. The molecule has 0 fully saturated rings. The zero-order valence-corrected chi connectivity index (χ0v) is 17.1. The van der Waals surface area contributed by atoms with Crippen LogP contribution in [0.15, 0.2) is 60.7 Å². The van der Waals surface area contributed by atoms with Crippen molar-refractivity contribution in [1.82, 2.24) is 0 Å². The molecule has 0 heterocycles. The molecule has 0 saturated carbocycles. The van der Waals surface area contributed by atoms with Gasteiger partial charge in [0.05, 0.1) is 17.2 Å². The lowest BCUT2D eigenvalue weighted by atomic mass is 9.99. The molecule has 152 valence electrons. The predicted octanol–water partition coefficient (Wildman–Crippen LogP) is 5.17. The minimum Gasteiger partial charge on any atom is -0.505 e. The number of Topliss-reactive ketones (excluding diaryl/α,β-unsaturated/α-hetero) is 1. The first-order valence-electron chi connectivity index (χ1n) is 9.39. The fourth-order valence-corrected chi connectivity index (χ4v) is 3.22. The predicted molar refractivity (Wildman–Crippen MR) is 114 cm³/mol. The number of halogens is 1. The number of aliphatic hydroxyl groups is 1. The monoisotopic (exact) mass is 421 g/mol. The maximum Gasteiger partial charge on any atom is 0.166 e. The maximum absolute atomic E-state index is 11.8. The molecular formula is C24H20ClNO4. The van der Waals surface area contributed by atoms with Crippen molar-refractivity contribution >= 4 is 17.4 Å². The second kappa shape index (κ2) is 9.45. The summed E-state index contributed by atoms with van der Waals surface area (Å²) in [6.07, 6.45) is -0.577. The molecule has 0 aliphatic heterocycles. The fourth-order valence-electron chi connectivity index (χ4n) is 3.00. The lowest BCUT2D eigenvalue weighted by molar-refractivity contribution is 0.0985. The van der Waals surface area contributed by atoms with Crippen molar-refractivity contribution in [3.63, 3.8) is 0 Å². The zero-order chi connectivity index (χ0) is 21.7. The Morgan fingerprint density at radius 2 is 1.87 bits per heavy atom. The van der Waals surface area contributed by atoms with Crippen LogP contribution >= 0.6 is 11.6 Å². The van der Waals surface area contributed by atoms with E-state index in [1.54, 1.807) is 49.4 Å². The molecule has 0 radical (unpaired) electrons. The normalized spacial score (nSPS) is 11.5. The first-order chi connectivity index (χ1) is 14.4. The highest BCUT2D eigenvalue weighted by atomic mass is 35.5. The van der Waals surface area contributed by atoms with Gasteiger partial charge in [0.15, 0.2) is 5.78 Å². The standard InChI is InChI=1S/C24H20ClNO4/c1-2-20(27)19-10-11-21(22(25)24(19)29)30-14-15-6-8-17(9-7-15)23(28)18-5-3-4-16(12-18)13-26/h3-12,23,28-29H,2,14H2,1H3. The highest BCUT2D eigenvalue weighted by Gasteiger charge is 2.16. The third kappa shape index (κ3) is 4.62. The minimum atomic E-state index is -0.844. The van der Waals surface area contributed by atoms with Crippen molar-refractivity contribution < 1.29 is 19.7 Å².